The van der Waals surface area contributed by atoms with Crippen molar-refractivity contribution < 1.29 is 14.6 Å². The van der Waals surface area contributed by atoms with Crippen LogP contribution >= 0.6 is 0 Å². The van der Waals surface area contributed by atoms with Gasteiger partial charge in [-0.2, -0.15) is 0 Å². The molecule has 0 aliphatic carbocycles. The minimum atomic E-state index is -0.536. The van der Waals surface area contributed by atoms with E-state index in [0.29, 0.717) is 18.8 Å². The highest BCUT2D eigenvalue weighted by Gasteiger charge is 2.07. The van der Waals surface area contributed by atoms with E-state index in [4.69, 9.17) is 4.74 Å². The molecule has 0 heterocycles. The van der Waals surface area contributed by atoms with Crippen molar-refractivity contribution in [2.75, 3.05) is 18.5 Å². The van der Waals surface area contributed by atoms with Crippen molar-refractivity contribution in [1.82, 2.24) is 5.32 Å². The van der Waals surface area contributed by atoms with E-state index in [1.807, 2.05) is 85.8 Å². The Bertz CT molecular complexity index is 894. The van der Waals surface area contributed by atoms with Gasteiger partial charge >= 0.3 is 0 Å². The van der Waals surface area contributed by atoms with Crippen molar-refractivity contribution in [2.24, 2.45) is 0 Å². The van der Waals surface area contributed by atoms with Gasteiger partial charge in [-0.25, -0.2) is 0 Å². The van der Waals surface area contributed by atoms with Crippen LogP contribution in [0.2, 0.25) is 0 Å². The van der Waals surface area contributed by atoms with Crippen LogP contribution in [0, 0.1) is 6.92 Å². The first-order chi connectivity index (χ1) is 14.1. The van der Waals surface area contributed by atoms with Crippen LogP contribution in [0.3, 0.4) is 0 Å². The summed E-state index contributed by atoms with van der Waals surface area (Å²) in [6, 6.07) is 24.8. The second-order valence-electron chi connectivity index (χ2n) is 6.90. The summed E-state index contributed by atoms with van der Waals surface area (Å²) in [5.41, 5.74) is 3.86. The summed E-state index contributed by atoms with van der Waals surface area (Å²) < 4.78 is 5.55. The number of ether oxygens (including phenoxy) is 1. The third kappa shape index (κ3) is 6.75. The van der Waals surface area contributed by atoms with Crippen LogP contribution in [0.5, 0.6) is 5.75 Å². The highest BCUT2D eigenvalue weighted by Crippen LogP contribution is 2.14. The summed E-state index contributed by atoms with van der Waals surface area (Å²) in [4.78, 5) is 12.0. The Kier molecular flexibility index (Phi) is 7.39. The van der Waals surface area contributed by atoms with Gasteiger partial charge in [0.15, 0.2) is 6.61 Å². The van der Waals surface area contributed by atoms with Crippen LogP contribution in [0.4, 0.5) is 5.69 Å². The summed E-state index contributed by atoms with van der Waals surface area (Å²) in [6.07, 6.45) is -0.536. The first-order valence-corrected chi connectivity index (χ1v) is 9.62. The lowest BCUT2D eigenvalue weighted by Crippen LogP contribution is -2.21. The molecule has 0 radical (unpaired) electrons. The molecule has 3 aromatic rings. The predicted molar refractivity (Wildman–Crippen MR) is 115 cm³/mol. The average Bonchev–Trinajstić information content (AvgIpc) is 2.75. The smallest absolute Gasteiger partial charge is 0.262 e. The lowest BCUT2D eigenvalue weighted by Gasteiger charge is -2.12. The molecule has 0 saturated carbocycles. The molecule has 0 fully saturated rings. The van der Waals surface area contributed by atoms with Gasteiger partial charge in [0.05, 0.1) is 6.10 Å². The molecular weight excluding hydrogens is 364 g/mol. The molecule has 0 spiro atoms. The average molecular weight is 390 g/mol. The Balaban J connectivity index is 1.39. The van der Waals surface area contributed by atoms with E-state index in [-0.39, 0.29) is 12.5 Å². The molecular formula is C24H26N2O3. The maximum absolute atomic E-state index is 12.0. The fourth-order valence-electron chi connectivity index (χ4n) is 2.83. The van der Waals surface area contributed by atoms with Gasteiger partial charge in [0.1, 0.15) is 5.75 Å². The molecule has 0 aromatic heterocycles. The molecule has 0 saturated heterocycles. The number of aliphatic hydroxyl groups excluding tert-OH is 1. The number of amides is 1. The molecule has 0 aliphatic heterocycles. The molecule has 1 atom stereocenters. The fraction of sp³-hybridized carbons (Fsp3) is 0.208. The number of carbonyl (C=O) groups is 1. The van der Waals surface area contributed by atoms with E-state index in [1.165, 1.54) is 0 Å². The van der Waals surface area contributed by atoms with Crippen LogP contribution in [0.25, 0.3) is 0 Å². The van der Waals surface area contributed by atoms with Crippen LogP contribution < -0.4 is 15.4 Å². The van der Waals surface area contributed by atoms with E-state index in [9.17, 15) is 9.90 Å². The first kappa shape index (κ1) is 20.6. The van der Waals surface area contributed by atoms with E-state index < -0.39 is 6.10 Å². The number of anilines is 1. The Labute approximate surface area is 171 Å². The second-order valence-corrected chi connectivity index (χ2v) is 6.90. The van der Waals surface area contributed by atoms with Crippen LogP contribution in [0.15, 0.2) is 78.9 Å². The maximum atomic E-state index is 12.0. The van der Waals surface area contributed by atoms with E-state index in [2.05, 4.69) is 10.6 Å². The molecule has 150 valence electrons. The van der Waals surface area contributed by atoms with Gasteiger partial charge in [0, 0.05) is 18.8 Å². The maximum Gasteiger partial charge on any atom is 0.262 e. The highest BCUT2D eigenvalue weighted by molar-refractivity contribution is 5.91. The minimum absolute atomic E-state index is 0.0469. The van der Waals surface area contributed by atoms with E-state index in [0.717, 1.165) is 22.4 Å². The van der Waals surface area contributed by atoms with Crippen LogP contribution in [-0.4, -0.2) is 24.2 Å². The van der Waals surface area contributed by atoms with Crippen molar-refractivity contribution in [2.45, 2.75) is 19.6 Å². The number of aryl methyl sites for hydroxylation is 1. The van der Waals surface area contributed by atoms with Gasteiger partial charge in [-0.1, -0.05) is 60.2 Å². The Morgan fingerprint density at radius 3 is 2.34 bits per heavy atom. The summed E-state index contributed by atoms with van der Waals surface area (Å²) in [7, 11) is 0. The largest absolute Gasteiger partial charge is 0.484 e. The summed E-state index contributed by atoms with van der Waals surface area (Å²) in [6.45, 7) is 3.06. The van der Waals surface area contributed by atoms with Gasteiger partial charge in [0.25, 0.3) is 5.91 Å². The molecule has 5 nitrogen and oxygen atoms in total. The topological polar surface area (TPSA) is 70.6 Å². The van der Waals surface area contributed by atoms with Gasteiger partial charge in [-0.3, -0.25) is 4.79 Å². The molecule has 3 aromatic carbocycles. The van der Waals surface area contributed by atoms with Crippen molar-refractivity contribution in [1.29, 1.82) is 0 Å². The molecule has 3 N–H and O–H groups in total. The SMILES string of the molecule is Cc1ccc(NC(=O)COc2ccc(CNCC(O)c3ccccc3)cc2)cc1. The van der Waals surface area contributed by atoms with Gasteiger partial charge < -0.3 is 20.5 Å². The molecule has 3 rings (SSSR count). The number of hydrogen-bond acceptors (Lipinski definition) is 4. The summed E-state index contributed by atoms with van der Waals surface area (Å²) >= 11 is 0. The fourth-order valence-corrected chi connectivity index (χ4v) is 2.83. The normalized spacial score (nSPS) is 11.7. The summed E-state index contributed by atoms with van der Waals surface area (Å²) in [5, 5.41) is 16.2. The number of hydrogen-bond donors (Lipinski definition) is 3. The van der Waals surface area contributed by atoms with Crippen molar-refractivity contribution >= 4 is 11.6 Å². The third-order valence-corrected chi connectivity index (χ3v) is 4.48. The molecule has 1 unspecified atom stereocenters. The number of rotatable bonds is 9. The van der Waals surface area contributed by atoms with Gasteiger partial charge in [-0.15, -0.1) is 0 Å². The monoisotopic (exact) mass is 390 g/mol. The van der Waals surface area contributed by atoms with Crippen molar-refractivity contribution in [3.63, 3.8) is 0 Å². The molecule has 5 heteroatoms. The first-order valence-electron chi connectivity index (χ1n) is 9.62. The third-order valence-electron chi connectivity index (χ3n) is 4.48. The number of carbonyl (C=O) groups excluding carboxylic acids is 1. The molecule has 29 heavy (non-hydrogen) atoms. The Morgan fingerprint density at radius 2 is 1.66 bits per heavy atom. The molecule has 1 amide bonds. The zero-order valence-electron chi connectivity index (χ0n) is 16.5. The standard InChI is InChI=1S/C24H26N2O3/c1-18-7-11-21(12-8-18)26-24(28)17-29-22-13-9-19(10-14-22)15-25-16-23(27)20-5-3-2-4-6-20/h2-14,23,25,27H,15-17H2,1H3,(H,26,28). The Morgan fingerprint density at radius 1 is 0.966 bits per heavy atom. The van der Waals surface area contributed by atoms with E-state index >= 15 is 0 Å². The Hall–Kier alpha value is -3.15. The van der Waals surface area contributed by atoms with Crippen LogP contribution in [0.1, 0.15) is 22.8 Å². The lowest BCUT2D eigenvalue weighted by atomic mass is 10.1. The van der Waals surface area contributed by atoms with E-state index in [1.54, 1.807) is 0 Å². The predicted octanol–water partition coefficient (Wildman–Crippen LogP) is 3.84. The number of aliphatic hydroxyl groups is 1. The number of benzene rings is 3. The van der Waals surface area contributed by atoms with Crippen molar-refractivity contribution in [3.8, 4) is 5.75 Å². The van der Waals surface area contributed by atoms with Gasteiger partial charge in [0.2, 0.25) is 0 Å². The number of nitrogens with one attached hydrogen (secondary N) is 2. The summed E-state index contributed by atoms with van der Waals surface area (Å²) in [5.74, 6) is 0.437. The zero-order valence-corrected chi connectivity index (χ0v) is 16.5. The molecule has 0 aliphatic rings. The quantitative estimate of drug-likeness (QED) is 0.519. The minimum Gasteiger partial charge on any atom is -0.484 e. The highest BCUT2D eigenvalue weighted by atomic mass is 16.5. The van der Waals surface area contributed by atoms with Crippen molar-refractivity contribution in [3.05, 3.63) is 95.6 Å². The van der Waals surface area contributed by atoms with Gasteiger partial charge in [-0.05, 0) is 42.3 Å². The lowest BCUT2D eigenvalue weighted by molar-refractivity contribution is -0.118. The second kappa shape index (κ2) is 10.4. The van der Waals surface area contributed by atoms with Crippen LogP contribution in [-0.2, 0) is 11.3 Å². The molecule has 0 bridgehead atoms. The zero-order chi connectivity index (χ0) is 20.5.